The second kappa shape index (κ2) is 6.87. The van der Waals surface area contributed by atoms with Crippen molar-refractivity contribution in [3.8, 4) is 11.3 Å². The van der Waals surface area contributed by atoms with Crippen molar-refractivity contribution in [3.63, 3.8) is 0 Å². The summed E-state index contributed by atoms with van der Waals surface area (Å²) in [6.07, 6.45) is 0.442. The van der Waals surface area contributed by atoms with Crippen LogP contribution in [0.5, 0.6) is 0 Å². The fraction of sp³-hybridized carbons (Fsp3) is 0.167. The van der Waals surface area contributed by atoms with Crippen LogP contribution in [-0.4, -0.2) is 13.6 Å². The number of hydrogen-bond donors (Lipinski definition) is 1. The molecule has 8 heteroatoms. The maximum Gasteiger partial charge on any atom is 0.262 e. The van der Waals surface area contributed by atoms with E-state index in [1.54, 1.807) is 32.0 Å². The van der Waals surface area contributed by atoms with Gasteiger partial charge in [-0.2, -0.15) is 0 Å². The lowest BCUT2D eigenvalue weighted by molar-refractivity contribution is 0.427. The largest absolute Gasteiger partial charge is 0.356 e. The molecular weight excluding hydrogens is 362 g/mol. The van der Waals surface area contributed by atoms with Gasteiger partial charge in [-0.25, -0.2) is 17.2 Å². The third-order valence-electron chi connectivity index (χ3n) is 3.82. The Bertz CT molecular complexity index is 1060. The summed E-state index contributed by atoms with van der Waals surface area (Å²) in [5, 5.41) is 3.79. The molecule has 0 atom stereocenters. The highest BCUT2D eigenvalue weighted by molar-refractivity contribution is 7.92. The molecule has 3 aromatic rings. The van der Waals surface area contributed by atoms with Gasteiger partial charge in [-0.3, -0.25) is 4.72 Å². The Labute approximate surface area is 149 Å². The van der Waals surface area contributed by atoms with E-state index in [4.69, 9.17) is 4.52 Å². The minimum absolute atomic E-state index is 0.0322. The van der Waals surface area contributed by atoms with Crippen LogP contribution in [0, 0.1) is 18.6 Å². The molecule has 1 aromatic heterocycles. The Kier molecular flexibility index (Phi) is 4.78. The summed E-state index contributed by atoms with van der Waals surface area (Å²) >= 11 is 0. The minimum Gasteiger partial charge on any atom is -0.356 e. The van der Waals surface area contributed by atoms with Gasteiger partial charge in [0, 0.05) is 17.7 Å². The Morgan fingerprint density at radius 3 is 2.54 bits per heavy atom. The summed E-state index contributed by atoms with van der Waals surface area (Å²) in [5.41, 5.74) is 1.26. The minimum atomic E-state index is -4.14. The second-order valence-corrected chi connectivity index (χ2v) is 7.39. The molecule has 0 fully saturated rings. The molecule has 0 saturated carbocycles. The van der Waals surface area contributed by atoms with E-state index in [9.17, 15) is 17.2 Å². The molecule has 26 heavy (non-hydrogen) atoms. The number of nitrogens with one attached hydrogen (secondary N) is 1. The Morgan fingerprint density at radius 2 is 1.88 bits per heavy atom. The van der Waals surface area contributed by atoms with Crippen molar-refractivity contribution < 1.29 is 21.7 Å². The van der Waals surface area contributed by atoms with Crippen LogP contribution in [-0.2, 0) is 16.4 Å². The van der Waals surface area contributed by atoms with Gasteiger partial charge < -0.3 is 4.52 Å². The molecule has 0 aliphatic carbocycles. The smallest absolute Gasteiger partial charge is 0.262 e. The van der Waals surface area contributed by atoms with E-state index in [0.717, 1.165) is 18.2 Å². The summed E-state index contributed by atoms with van der Waals surface area (Å²) in [7, 11) is -4.14. The van der Waals surface area contributed by atoms with Gasteiger partial charge >= 0.3 is 0 Å². The van der Waals surface area contributed by atoms with E-state index in [-0.39, 0.29) is 4.90 Å². The summed E-state index contributed by atoms with van der Waals surface area (Å²) in [6, 6.07) is 9.06. The van der Waals surface area contributed by atoms with Gasteiger partial charge in [-0.05, 0) is 37.1 Å². The molecule has 0 aliphatic heterocycles. The maximum atomic E-state index is 13.8. The molecule has 1 heterocycles. The molecule has 2 aromatic carbocycles. The zero-order valence-corrected chi connectivity index (χ0v) is 14.9. The monoisotopic (exact) mass is 378 g/mol. The van der Waals surface area contributed by atoms with E-state index >= 15 is 0 Å². The fourth-order valence-electron chi connectivity index (χ4n) is 2.53. The van der Waals surface area contributed by atoms with E-state index in [1.165, 1.54) is 6.07 Å². The lowest BCUT2D eigenvalue weighted by Crippen LogP contribution is -2.16. The molecule has 136 valence electrons. The first kappa shape index (κ1) is 18.1. The molecule has 5 nitrogen and oxygen atoms in total. The highest BCUT2D eigenvalue weighted by Gasteiger charge is 2.21. The van der Waals surface area contributed by atoms with Gasteiger partial charge in [0.05, 0.1) is 16.3 Å². The lowest BCUT2D eigenvalue weighted by Gasteiger charge is -2.13. The van der Waals surface area contributed by atoms with Crippen LogP contribution in [0.1, 0.15) is 18.2 Å². The van der Waals surface area contributed by atoms with Gasteiger partial charge in [-0.15, -0.1) is 0 Å². The van der Waals surface area contributed by atoms with Crippen molar-refractivity contribution in [2.75, 3.05) is 4.72 Å². The normalized spacial score (nSPS) is 11.5. The molecule has 0 saturated heterocycles. The molecule has 0 aliphatic rings. The number of rotatable bonds is 5. The van der Waals surface area contributed by atoms with Crippen molar-refractivity contribution >= 4 is 15.7 Å². The van der Waals surface area contributed by atoms with Crippen LogP contribution in [0.4, 0.5) is 14.5 Å². The molecule has 1 N–H and O–H groups in total. The molecule has 0 radical (unpaired) electrons. The highest BCUT2D eigenvalue weighted by atomic mass is 32.2. The molecule has 0 unspecified atom stereocenters. The second-order valence-electron chi connectivity index (χ2n) is 5.74. The zero-order valence-electron chi connectivity index (χ0n) is 14.1. The van der Waals surface area contributed by atoms with Crippen LogP contribution in [0.2, 0.25) is 0 Å². The number of aryl methyl sites for hydroxylation is 2. The SMILES string of the molecule is CCc1ccc(-c2cc(C)no2)cc1S(=O)(=O)Nc1cc(F)ccc1F. The fourth-order valence-corrected chi connectivity index (χ4v) is 3.92. The molecule has 3 rings (SSSR count). The van der Waals surface area contributed by atoms with Gasteiger partial charge in [-0.1, -0.05) is 24.2 Å². The third kappa shape index (κ3) is 3.60. The number of hydrogen-bond acceptors (Lipinski definition) is 4. The number of sulfonamides is 1. The summed E-state index contributed by atoms with van der Waals surface area (Å²) < 4.78 is 60.0. The first-order valence-corrected chi connectivity index (χ1v) is 9.33. The Hall–Kier alpha value is -2.74. The first-order chi connectivity index (χ1) is 12.3. The topological polar surface area (TPSA) is 72.2 Å². The Balaban J connectivity index is 2.06. The van der Waals surface area contributed by atoms with Gasteiger partial charge in [0.25, 0.3) is 10.0 Å². The van der Waals surface area contributed by atoms with Crippen molar-refractivity contribution in [1.29, 1.82) is 0 Å². The highest BCUT2D eigenvalue weighted by Crippen LogP contribution is 2.28. The number of benzene rings is 2. The van der Waals surface area contributed by atoms with Crippen molar-refractivity contribution in [2.24, 2.45) is 0 Å². The van der Waals surface area contributed by atoms with Crippen LogP contribution in [0.25, 0.3) is 11.3 Å². The average molecular weight is 378 g/mol. The predicted molar refractivity (Wildman–Crippen MR) is 93.2 cm³/mol. The van der Waals surface area contributed by atoms with Gasteiger partial charge in [0.15, 0.2) is 5.76 Å². The van der Waals surface area contributed by atoms with Crippen molar-refractivity contribution in [2.45, 2.75) is 25.2 Å². The number of nitrogens with zero attached hydrogens (tertiary/aromatic N) is 1. The van der Waals surface area contributed by atoms with E-state index < -0.39 is 27.3 Å². The number of aromatic nitrogens is 1. The molecular formula is C18H16F2N2O3S. The molecule has 0 bridgehead atoms. The van der Waals surface area contributed by atoms with E-state index in [2.05, 4.69) is 9.88 Å². The van der Waals surface area contributed by atoms with Crippen LogP contribution in [0.15, 0.2) is 51.9 Å². The molecule has 0 spiro atoms. The van der Waals surface area contributed by atoms with Crippen LogP contribution in [0.3, 0.4) is 0 Å². The summed E-state index contributed by atoms with van der Waals surface area (Å²) in [5.74, 6) is -1.20. The number of halogens is 2. The predicted octanol–water partition coefficient (Wildman–Crippen LogP) is 4.29. The third-order valence-corrected chi connectivity index (χ3v) is 5.27. The standard InChI is InChI=1S/C18H16F2N2O3S/c1-3-12-4-5-13(17-8-11(2)21-25-17)9-18(12)26(23,24)22-16-10-14(19)6-7-15(16)20/h4-10,22H,3H2,1-2H3. The maximum absolute atomic E-state index is 13.8. The number of anilines is 1. The van der Waals surface area contributed by atoms with Crippen molar-refractivity contribution in [1.82, 2.24) is 5.16 Å². The average Bonchev–Trinajstić information content (AvgIpc) is 3.04. The van der Waals surface area contributed by atoms with Crippen LogP contribution >= 0.6 is 0 Å². The van der Waals surface area contributed by atoms with Gasteiger partial charge in [0.1, 0.15) is 11.6 Å². The van der Waals surface area contributed by atoms with E-state index in [1.807, 2.05) is 0 Å². The summed E-state index contributed by atoms with van der Waals surface area (Å²) in [4.78, 5) is -0.0322. The molecule has 0 amide bonds. The van der Waals surface area contributed by atoms with Crippen LogP contribution < -0.4 is 4.72 Å². The van der Waals surface area contributed by atoms with Gasteiger partial charge in [0.2, 0.25) is 0 Å². The quantitative estimate of drug-likeness (QED) is 0.719. The lowest BCUT2D eigenvalue weighted by atomic mass is 10.1. The summed E-state index contributed by atoms with van der Waals surface area (Å²) in [6.45, 7) is 3.55. The Morgan fingerprint density at radius 1 is 1.12 bits per heavy atom. The zero-order chi connectivity index (χ0) is 18.9. The van der Waals surface area contributed by atoms with Crippen molar-refractivity contribution in [3.05, 3.63) is 65.4 Å². The first-order valence-electron chi connectivity index (χ1n) is 7.84. The van der Waals surface area contributed by atoms with E-state index in [0.29, 0.717) is 29.0 Å².